The summed E-state index contributed by atoms with van der Waals surface area (Å²) < 4.78 is 5.19. The van der Waals surface area contributed by atoms with Crippen LogP contribution < -0.4 is 5.73 Å². The maximum Gasteiger partial charge on any atom is 0.257 e. The van der Waals surface area contributed by atoms with Crippen molar-refractivity contribution >= 4 is 17.2 Å². The van der Waals surface area contributed by atoms with Crippen molar-refractivity contribution in [2.45, 2.75) is 19.5 Å². The smallest absolute Gasteiger partial charge is 0.257 e. The van der Waals surface area contributed by atoms with Crippen LogP contribution in [0.1, 0.15) is 34.0 Å². The lowest BCUT2D eigenvalue weighted by atomic mass is 10.2. The summed E-state index contributed by atoms with van der Waals surface area (Å²) in [5.41, 5.74) is 6.00. The number of nitrogens with two attached hydrogens (primary N) is 1. The first kappa shape index (κ1) is 12.9. The zero-order valence-electron chi connectivity index (χ0n) is 10.4. The predicted octanol–water partition coefficient (Wildman–Crippen LogP) is 2.63. The summed E-state index contributed by atoms with van der Waals surface area (Å²) in [6.45, 7) is 2.31. The SMILES string of the molecule is CC(c1cccs1)N(C)C(=O)c1coc(CN)c1. The van der Waals surface area contributed by atoms with E-state index in [2.05, 4.69) is 0 Å². The van der Waals surface area contributed by atoms with E-state index in [9.17, 15) is 4.79 Å². The third-order valence-corrected chi connectivity index (χ3v) is 4.00. The molecule has 1 amide bonds. The van der Waals surface area contributed by atoms with Gasteiger partial charge in [0.1, 0.15) is 12.0 Å². The van der Waals surface area contributed by atoms with E-state index in [0.29, 0.717) is 17.9 Å². The predicted molar refractivity (Wildman–Crippen MR) is 71.4 cm³/mol. The van der Waals surface area contributed by atoms with Gasteiger partial charge in [0, 0.05) is 11.9 Å². The fraction of sp³-hybridized carbons (Fsp3) is 0.308. The average molecular weight is 264 g/mol. The molecule has 0 saturated carbocycles. The van der Waals surface area contributed by atoms with Crippen molar-refractivity contribution in [1.29, 1.82) is 0 Å². The fourth-order valence-corrected chi connectivity index (χ4v) is 2.53. The molecule has 2 rings (SSSR count). The van der Waals surface area contributed by atoms with Crippen LogP contribution in [0.3, 0.4) is 0 Å². The first-order chi connectivity index (χ1) is 8.63. The zero-order chi connectivity index (χ0) is 13.1. The highest BCUT2D eigenvalue weighted by atomic mass is 32.1. The Kier molecular flexibility index (Phi) is 3.84. The summed E-state index contributed by atoms with van der Waals surface area (Å²) in [6, 6.07) is 5.76. The Labute approximate surface area is 110 Å². The monoisotopic (exact) mass is 264 g/mol. The number of furan rings is 1. The Morgan fingerprint density at radius 2 is 2.39 bits per heavy atom. The molecule has 1 unspecified atom stereocenters. The maximum absolute atomic E-state index is 12.2. The minimum absolute atomic E-state index is 0.0497. The number of hydrogen-bond donors (Lipinski definition) is 1. The van der Waals surface area contributed by atoms with Gasteiger partial charge in [-0.15, -0.1) is 11.3 Å². The second-order valence-corrected chi connectivity index (χ2v) is 5.09. The van der Waals surface area contributed by atoms with E-state index < -0.39 is 0 Å². The molecule has 18 heavy (non-hydrogen) atoms. The van der Waals surface area contributed by atoms with Gasteiger partial charge in [0.15, 0.2) is 0 Å². The molecule has 0 radical (unpaired) electrons. The van der Waals surface area contributed by atoms with Gasteiger partial charge in [-0.25, -0.2) is 0 Å². The van der Waals surface area contributed by atoms with E-state index >= 15 is 0 Å². The summed E-state index contributed by atoms with van der Waals surface area (Å²) >= 11 is 1.64. The molecular weight excluding hydrogens is 248 g/mol. The number of rotatable bonds is 4. The Balaban J connectivity index is 2.13. The van der Waals surface area contributed by atoms with E-state index in [4.69, 9.17) is 10.2 Å². The first-order valence-corrected chi connectivity index (χ1v) is 6.59. The Bertz CT molecular complexity index is 519. The van der Waals surface area contributed by atoms with E-state index in [1.54, 1.807) is 29.4 Å². The number of carbonyl (C=O) groups excluding carboxylic acids is 1. The largest absolute Gasteiger partial charge is 0.467 e. The van der Waals surface area contributed by atoms with Crippen LogP contribution in [0.4, 0.5) is 0 Å². The van der Waals surface area contributed by atoms with Crippen molar-refractivity contribution in [3.8, 4) is 0 Å². The Morgan fingerprint density at radius 1 is 1.61 bits per heavy atom. The molecule has 0 aliphatic rings. The molecule has 0 bridgehead atoms. The van der Waals surface area contributed by atoms with Gasteiger partial charge in [0.25, 0.3) is 5.91 Å². The van der Waals surface area contributed by atoms with Gasteiger partial charge >= 0.3 is 0 Å². The summed E-state index contributed by atoms with van der Waals surface area (Å²) in [6.07, 6.45) is 1.46. The van der Waals surface area contributed by atoms with Crippen molar-refractivity contribution in [3.63, 3.8) is 0 Å². The van der Waals surface area contributed by atoms with Crippen molar-refractivity contribution in [3.05, 3.63) is 46.0 Å². The van der Waals surface area contributed by atoms with Crippen LogP contribution in [-0.4, -0.2) is 17.9 Å². The lowest BCUT2D eigenvalue weighted by Gasteiger charge is -2.23. The van der Waals surface area contributed by atoms with Crippen molar-refractivity contribution in [2.75, 3.05) is 7.05 Å². The molecule has 4 nitrogen and oxygen atoms in total. The molecule has 2 aromatic heterocycles. The lowest BCUT2D eigenvalue weighted by Crippen LogP contribution is -2.28. The number of thiophene rings is 1. The van der Waals surface area contributed by atoms with Gasteiger partial charge < -0.3 is 15.1 Å². The Morgan fingerprint density at radius 3 is 2.94 bits per heavy atom. The maximum atomic E-state index is 12.2. The fourth-order valence-electron chi connectivity index (χ4n) is 1.70. The molecule has 0 aliphatic carbocycles. The molecule has 0 spiro atoms. The Hall–Kier alpha value is -1.59. The summed E-state index contributed by atoms with van der Waals surface area (Å²) in [5, 5.41) is 2.01. The van der Waals surface area contributed by atoms with E-state index in [0.717, 1.165) is 4.88 Å². The molecule has 2 aromatic rings. The second-order valence-electron chi connectivity index (χ2n) is 4.11. The highest BCUT2D eigenvalue weighted by Gasteiger charge is 2.20. The molecule has 0 aromatic carbocycles. The molecular formula is C13H16N2O2S. The second kappa shape index (κ2) is 5.37. The molecule has 2 N–H and O–H groups in total. The number of nitrogens with zero attached hydrogens (tertiary/aromatic N) is 1. The van der Waals surface area contributed by atoms with E-state index in [-0.39, 0.29) is 11.9 Å². The molecule has 2 heterocycles. The molecule has 0 saturated heterocycles. The number of amides is 1. The van der Waals surface area contributed by atoms with Crippen LogP contribution >= 0.6 is 11.3 Å². The van der Waals surface area contributed by atoms with Crippen LogP contribution in [0.5, 0.6) is 0 Å². The average Bonchev–Trinajstić information content (AvgIpc) is 3.06. The topological polar surface area (TPSA) is 59.5 Å². The molecule has 0 aliphatic heterocycles. The van der Waals surface area contributed by atoms with Crippen molar-refractivity contribution in [1.82, 2.24) is 4.90 Å². The third kappa shape index (κ3) is 2.47. The molecule has 1 atom stereocenters. The summed E-state index contributed by atoms with van der Waals surface area (Å²) in [4.78, 5) is 15.1. The van der Waals surface area contributed by atoms with Crippen molar-refractivity contribution in [2.24, 2.45) is 5.73 Å². The highest BCUT2D eigenvalue weighted by molar-refractivity contribution is 7.10. The van der Waals surface area contributed by atoms with E-state index in [1.807, 2.05) is 24.4 Å². The van der Waals surface area contributed by atoms with Crippen LogP contribution in [0.25, 0.3) is 0 Å². The molecule has 96 valence electrons. The minimum Gasteiger partial charge on any atom is -0.467 e. The summed E-state index contributed by atoms with van der Waals surface area (Å²) in [7, 11) is 1.79. The van der Waals surface area contributed by atoms with Crippen LogP contribution in [-0.2, 0) is 6.54 Å². The van der Waals surface area contributed by atoms with Gasteiger partial charge in [-0.3, -0.25) is 4.79 Å². The van der Waals surface area contributed by atoms with Gasteiger partial charge in [-0.1, -0.05) is 6.07 Å². The first-order valence-electron chi connectivity index (χ1n) is 5.71. The highest BCUT2D eigenvalue weighted by Crippen LogP contribution is 2.25. The van der Waals surface area contributed by atoms with E-state index in [1.165, 1.54) is 6.26 Å². The number of hydrogen-bond acceptors (Lipinski definition) is 4. The minimum atomic E-state index is -0.0562. The molecule has 0 fully saturated rings. The van der Waals surface area contributed by atoms with Crippen LogP contribution in [0, 0.1) is 0 Å². The van der Waals surface area contributed by atoms with Crippen LogP contribution in [0.2, 0.25) is 0 Å². The third-order valence-electron chi connectivity index (χ3n) is 2.96. The normalized spacial score (nSPS) is 12.4. The standard InChI is InChI=1S/C13H16N2O2S/c1-9(12-4-3-5-18-12)15(2)13(16)10-6-11(7-14)17-8-10/h3-6,8-9H,7,14H2,1-2H3. The lowest BCUT2D eigenvalue weighted by molar-refractivity contribution is 0.0744. The zero-order valence-corrected chi connectivity index (χ0v) is 11.2. The van der Waals surface area contributed by atoms with Crippen LogP contribution in [0.15, 0.2) is 34.3 Å². The van der Waals surface area contributed by atoms with Gasteiger partial charge in [-0.2, -0.15) is 0 Å². The molecule has 5 heteroatoms. The summed E-state index contributed by atoms with van der Waals surface area (Å²) in [5.74, 6) is 0.565. The van der Waals surface area contributed by atoms with Gasteiger partial charge in [0.05, 0.1) is 18.2 Å². The van der Waals surface area contributed by atoms with Crippen molar-refractivity contribution < 1.29 is 9.21 Å². The van der Waals surface area contributed by atoms with Gasteiger partial charge in [-0.05, 0) is 24.4 Å². The quantitative estimate of drug-likeness (QED) is 0.923. The van der Waals surface area contributed by atoms with Gasteiger partial charge in [0.2, 0.25) is 0 Å². The number of carbonyl (C=O) groups is 1.